The highest BCUT2D eigenvalue weighted by atomic mass is 32.2. The van der Waals surface area contributed by atoms with Crippen molar-refractivity contribution in [1.29, 1.82) is 0 Å². The van der Waals surface area contributed by atoms with Crippen LogP contribution < -0.4 is 5.32 Å². The van der Waals surface area contributed by atoms with Crippen molar-refractivity contribution >= 4 is 21.6 Å². The van der Waals surface area contributed by atoms with Gasteiger partial charge in [-0.25, -0.2) is 12.7 Å². The summed E-state index contributed by atoms with van der Waals surface area (Å²) in [6, 6.07) is 7.85. The molecular weight excluding hydrogens is 312 g/mol. The Morgan fingerprint density at radius 1 is 1.17 bits per heavy atom. The number of anilines is 1. The number of aryl methyl sites for hydroxylation is 1. The van der Waals surface area contributed by atoms with Gasteiger partial charge in [-0.1, -0.05) is 26.0 Å². The molecule has 1 aromatic carbocycles. The third-order valence-corrected chi connectivity index (χ3v) is 6.39. The fourth-order valence-corrected chi connectivity index (χ4v) is 4.39. The van der Waals surface area contributed by atoms with E-state index >= 15 is 0 Å². The van der Waals surface area contributed by atoms with Gasteiger partial charge >= 0.3 is 0 Å². The summed E-state index contributed by atoms with van der Waals surface area (Å²) in [5, 5.41) is 2.93. The third kappa shape index (κ3) is 4.78. The van der Waals surface area contributed by atoms with Crippen molar-refractivity contribution in [3.8, 4) is 0 Å². The maximum absolute atomic E-state index is 12.3. The predicted molar refractivity (Wildman–Crippen MR) is 92.8 cm³/mol. The van der Waals surface area contributed by atoms with Crippen LogP contribution in [0.2, 0.25) is 0 Å². The normalized spacial score (nSPS) is 17.1. The minimum Gasteiger partial charge on any atom is -0.326 e. The Labute approximate surface area is 139 Å². The van der Waals surface area contributed by atoms with E-state index < -0.39 is 10.0 Å². The van der Waals surface area contributed by atoms with Crippen LogP contribution in [0.3, 0.4) is 0 Å². The zero-order valence-corrected chi connectivity index (χ0v) is 14.7. The highest BCUT2D eigenvalue weighted by molar-refractivity contribution is 7.89. The standard InChI is InChI=1S/C17H26N2O3S/c1-3-13-23(21,22)19-11-9-15(10-12-19)17(20)18-16-7-5-14(4-2)6-8-16/h5-8,15H,3-4,9-13H2,1-2H3,(H,18,20). The summed E-state index contributed by atoms with van der Waals surface area (Å²) in [6.45, 7) is 4.83. The molecule has 0 atom stereocenters. The van der Waals surface area contributed by atoms with Gasteiger partial charge in [0.2, 0.25) is 15.9 Å². The molecule has 0 spiro atoms. The van der Waals surface area contributed by atoms with Crippen molar-refractivity contribution < 1.29 is 13.2 Å². The lowest BCUT2D eigenvalue weighted by Gasteiger charge is -2.30. The Balaban J connectivity index is 1.88. The second-order valence-corrected chi connectivity index (χ2v) is 8.12. The first-order chi connectivity index (χ1) is 11.0. The number of hydrogen-bond acceptors (Lipinski definition) is 3. The number of carbonyl (C=O) groups is 1. The molecule has 0 unspecified atom stereocenters. The predicted octanol–water partition coefficient (Wildman–Crippen LogP) is 2.64. The lowest BCUT2D eigenvalue weighted by atomic mass is 9.97. The fourth-order valence-electron chi connectivity index (χ4n) is 2.85. The van der Waals surface area contributed by atoms with Crippen molar-refractivity contribution in [2.75, 3.05) is 24.2 Å². The lowest BCUT2D eigenvalue weighted by molar-refractivity contribution is -0.120. The zero-order valence-electron chi connectivity index (χ0n) is 13.9. The van der Waals surface area contributed by atoms with Crippen LogP contribution in [-0.4, -0.2) is 37.5 Å². The molecule has 0 aromatic heterocycles. The molecule has 0 aliphatic carbocycles. The number of amides is 1. The molecular formula is C17H26N2O3S. The van der Waals surface area contributed by atoms with E-state index in [4.69, 9.17) is 0 Å². The first-order valence-electron chi connectivity index (χ1n) is 8.34. The first kappa shape index (κ1) is 17.9. The van der Waals surface area contributed by atoms with Gasteiger partial charge in [0.25, 0.3) is 0 Å². The SMILES string of the molecule is CCCS(=O)(=O)N1CCC(C(=O)Nc2ccc(CC)cc2)CC1. The number of carbonyl (C=O) groups excluding carboxylic acids is 1. The van der Waals surface area contributed by atoms with Crippen molar-refractivity contribution in [2.24, 2.45) is 5.92 Å². The van der Waals surface area contributed by atoms with Crippen molar-refractivity contribution in [3.05, 3.63) is 29.8 Å². The Bertz CT molecular complexity index is 618. The van der Waals surface area contributed by atoms with E-state index in [0.717, 1.165) is 12.1 Å². The van der Waals surface area contributed by atoms with Crippen LogP contribution in [0.1, 0.15) is 38.7 Å². The van der Waals surface area contributed by atoms with Crippen molar-refractivity contribution in [3.63, 3.8) is 0 Å². The maximum Gasteiger partial charge on any atom is 0.227 e. The Kier molecular flexibility index (Phi) is 6.18. The summed E-state index contributed by atoms with van der Waals surface area (Å²) < 4.78 is 25.6. The molecule has 0 radical (unpaired) electrons. The van der Waals surface area contributed by atoms with Gasteiger partial charge in [0.05, 0.1) is 5.75 Å². The molecule has 1 fully saturated rings. The van der Waals surface area contributed by atoms with Crippen molar-refractivity contribution in [2.45, 2.75) is 39.5 Å². The van der Waals surface area contributed by atoms with Crippen molar-refractivity contribution in [1.82, 2.24) is 4.31 Å². The van der Waals surface area contributed by atoms with E-state index in [1.165, 1.54) is 9.87 Å². The van der Waals surface area contributed by atoms with E-state index in [9.17, 15) is 13.2 Å². The van der Waals surface area contributed by atoms with Crippen LogP contribution in [-0.2, 0) is 21.2 Å². The molecule has 23 heavy (non-hydrogen) atoms. The van der Waals surface area contributed by atoms with Crippen LogP contribution in [0.25, 0.3) is 0 Å². The fraction of sp³-hybridized carbons (Fsp3) is 0.588. The van der Waals surface area contributed by atoms with E-state index in [1.54, 1.807) is 0 Å². The molecule has 1 N–H and O–H groups in total. The molecule has 1 saturated heterocycles. The van der Waals surface area contributed by atoms with Crippen LogP contribution in [0.5, 0.6) is 0 Å². The summed E-state index contributed by atoms with van der Waals surface area (Å²) in [5.41, 5.74) is 2.03. The largest absolute Gasteiger partial charge is 0.326 e. The van der Waals surface area contributed by atoms with E-state index in [-0.39, 0.29) is 17.6 Å². The molecule has 1 amide bonds. The number of piperidine rings is 1. The average Bonchev–Trinajstić information content (AvgIpc) is 2.55. The van der Waals surface area contributed by atoms with Gasteiger partial charge in [-0.3, -0.25) is 4.79 Å². The zero-order chi connectivity index (χ0) is 16.9. The lowest BCUT2D eigenvalue weighted by Crippen LogP contribution is -2.42. The number of nitrogens with zero attached hydrogens (tertiary/aromatic N) is 1. The molecule has 1 aromatic rings. The van der Waals surface area contributed by atoms with Gasteiger partial charge in [-0.05, 0) is 43.4 Å². The molecule has 5 nitrogen and oxygen atoms in total. The van der Waals surface area contributed by atoms with Crippen LogP contribution in [0, 0.1) is 5.92 Å². The summed E-state index contributed by atoms with van der Waals surface area (Å²) in [4.78, 5) is 12.3. The summed E-state index contributed by atoms with van der Waals surface area (Å²) in [6.07, 6.45) is 2.76. The Morgan fingerprint density at radius 2 is 1.78 bits per heavy atom. The molecule has 1 heterocycles. The molecule has 0 bridgehead atoms. The third-order valence-electron chi connectivity index (χ3n) is 4.31. The van der Waals surface area contributed by atoms with E-state index in [1.807, 2.05) is 31.2 Å². The topological polar surface area (TPSA) is 66.5 Å². The van der Waals surface area contributed by atoms with Gasteiger partial charge in [0.15, 0.2) is 0 Å². The molecule has 1 aliphatic heterocycles. The summed E-state index contributed by atoms with van der Waals surface area (Å²) in [7, 11) is -3.15. The number of hydrogen-bond donors (Lipinski definition) is 1. The monoisotopic (exact) mass is 338 g/mol. The molecule has 128 valence electrons. The highest BCUT2D eigenvalue weighted by Gasteiger charge is 2.30. The van der Waals surface area contributed by atoms with Gasteiger partial charge in [0.1, 0.15) is 0 Å². The smallest absolute Gasteiger partial charge is 0.227 e. The minimum atomic E-state index is -3.15. The number of benzene rings is 1. The van der Waals surface area contributed by atoms with Crippen LogP contribution >= 0.6 is 0 Å². The minimum absolute atomic E-state index is 0.0122. The summed E-state index contributed by atoms with van der Waals surface area (Å²) >= 11 is 0. The van der Waals surface area contributed by atoms with Gasteiger partial charge in [0, 0.05) is 24.7 Å². The summed E-state index contributed by atoms with van der Waals surface area (Å²) in [5.74, 6) is 0.0592. The average molecular weight is 338 g/mol. The maximum atomic E-state index is 12.3. The molecule has 2 rings (SSSR count). The second kappa shape index (κ2) is 7.93. The highest BCUT2D eigenvalue weighted by Crippen LogP contribution is 2.22. The number of nitrogens with one attached hydrogen (secondary N) is 1. The van der Waals surface area contributed by atoms with Gasteiger partial charge in [-0.2, -0.15) is 0 Å². The van der Waals surface area contributed by atoms with Gasteiger partial charge < -0.3 is 5.32 Å². The molecule has 6 heteroatoms. The Hall–Kier alpha value is -1.40. The van der Waals surface area contributed by atoms with Crippen LogP contribution in [0.15, 0.2) is 24.3 Å². The number of sulfonamides is 1. The van der Waals surface area contributed by atoms with E-state index in [0.29, 0.717) is 32.4 Å². The molecule has 0 saturated carbocycles. The molecule has 1 aliphatic rings. The number of rotatable bonds is 6. The van der Waals surface area contributed by atoms with Gasteiger partial charge in [-0.15, -0.1) is 0 Å². The van der Waals surface area contributed by atoms with E-state index in [2.05, 4.69) is 12.2 Å². The first-order valence-corrected chi connectivity index (χ1v) is 9.94. The quantitative estimate of drug-likeness (QED) is 0.867. The van der Waals surface area contributed by atoms with Crippen LogP contribution in [0.4, 0.5) is 5.69 Å². The Morgan fingerprint density at radius 3 is 2.30 bits per heavy atom. The second-order valence-electron chi connectivity index (χ2n) is 6.03.